The molecule has 0 aliphatic rings. The molecular formula is C20H19ClN2O3S. The molecule has 1 heterocycles. The molecule has 3 aromatic rings. The number of nitrogens with zero attached hydrogens (tertiary/aromatic N) is 1. The molecule has 0 aliphatic carbocycles. The molecule has 27 heavy (non-hydrogen) atoms. The lowest BCUT2D eigenvalue weighted by atomic mass is 9.99. The smallest absolute Gasteiger partial charge is 0.266 e. The minimum absolute atomic E-state index is 0.118. The molecule has 7 heteroatoms. The molecule has 0 saturated carbocycles. The first-order chi connectivity index (χ1) is 12.8. The summed E-state index contributed by atoms with van der Waals surface area (Å²) in [6.07, 6.45) is 2.39. The van der Waals surface area contributed by atoms with Crippen molar-refractivity contribution in [1.29, 1.82) is 0 Å². The van der Waals surface area contributed by atoms with E-state index < -0.39 is 21.8 Å². The van der Waals surface area contributed by atoms with Gasteiger partial charge in [0.15, 0.2) is 0 Å². The second-order valence-electron chi connectivity index (χ2n) is 6.27. The third kappa shape index (κ3) is 4.12. The number of hydrogen-bond acceptors (Lipinski definition) is 4. The Bertz CT molecular complexity index is 1100. The minimum atomic E-state index is -4.12. The first-order valence-electron chi connectivity index (χ1n) is 8.51. The highest BCUT2D eigenvalue weighted by Gasteiger charge is 2.25. The first-order valence-corrected chi connectivity index (χ1v) is 10.4. The maximum absolute atomic E-state index is 12.8. The number of aromatic nitrogens is 1. The molecule has 0 saturated heterocycles. The van der Waals surface area contributed by atoms with Crippen molar-refractivity contribution in [3.8, 4) is 0 Å². The van der Waals surface area contributed by atoms with Crippen LogP contribution in [0.2, 0.25) is 5.02 Å². The minimum Gasteiger partial charge on any atom is -0.273 e. The number of aryl methyl sites for hydroxylation is 1. The summed E-state index contributed by atoms with van der Waals surface area (Å²) in [4.78, 5) is 16.6. The van der Waals surface area contributed by atoms with Crippen molar-refractivity contribution < 1.29 is 13.2 Å². The van der Waals surface area contributed by atoms with Gasteiger partial charge in [0.25, 0.3) is 10.0 Å². The highest BCUT2D eigenvalue weighted by Crippen LogP contribution is 2.26. The Morgan fingerprint density at radius 1 is 1.19 bits per heavy atom. The fraction of sp³-hybridized carbons (Fsp3) is 0.200. The molecule has 0 bridgehead atoms. The van der Waals surface area contributed by atoms with E-state index in [0.717, 1.165) is 17.5 Å². The van der Waals surface area contributed by atoms with Gasteiger partial charge in [-0.3, -0.25) is 9.78 Å². The van der Waals surface area contributed by atoms with Crippen molar-refractivity contribution >= 4 is 38.4 Å². The number of carbonyl (C=O) groups excluding carboxylic acids is 1. The van der Waals surface area contributed by atoms with Crippen LogP contribution in [-0.4, -0.2) is 19.3 Å². The Kier molecular flexibility index (Phi) is 5.48. The van der Waals surface area contributed by atoms with E-state index in [-0.39, 0.29) is 15.4 Å². The van der Waals surface area contributed by atoms with E-state index in [1.165, 1.54) is 12.3 Å². The summed E-state index contributed by atoms with van der Waals surface area (Å²) in [5, 5.41) is 0.840. The molecule has 0 radical (unpaired) electrons. The second-order valence-corrected chi connectivity index (χ2v) is 8.35. The standard InChI is InChI=1S/C20H19ClN2O3S/c1-3-14-6-8-15(9-7-14)13(2)20(24)23-27(25,26)18-12-17(21)11-16-5-4-10-22-19(16)18/h4-13H,3H2,1-2H3,(H,23,24). The molecule has 1 aromatic heterocycles. The van der Waals surface area contributed by atoms with Gasteiger partial charge < -0.3 is 0 Å². The van der Waals surface area contributed by atoms with Crippen molar-refractivity contribution in [2.24, 2.45) is 0 Å². The zero-order valence-electron chi connectivity index (χ0n) is 14.9. The lowest BCUT2D eigenvalue weighted by Gasteiger charge is -2.14. The predicted molar refractivity (Wildman–Crippen MR) is 106 cm³/mol. The van der Waals surface area contributed by atoms with Gasteiger partial charge in [0.05, 0.1) is 11.4 Å². The van der Waals surface area contributed by atoms with Crippen LogP contribution in [0.3, 0.4) is 0 Å². The van der Waals surface area contributed by atoms with Crippen LogP contribution in [-0.2, 0) is 21.2 Å². The van der Waals surface area contributed by atoms with Crippen molar-refractivity contribution in [2.75, 3.05) is 0 Å². The van der Waals surface area contributed by atoms with Gasteiger partial charge in [-0.2, -0.15) is 0 Å². The summed E-state index contributed by atoms with van der Waals surface area (Å²) in [7, 11) is -4.12. The summed E-state index contributed by atoms with van der Waals surface area (Å²) in [6, 6.07) is 13.9. The fourth-order valence-electron chi connectivity index (χ4n) is 2.80. The van der Waals surface area contributed by atoms with E-state index >= 15 is 0 Å². The molecule has 2 aromatic carbocycles. The Morgan fingerprint density at radius 2 is 1.89 bits per heavy atom. The summed E-state index contributed by atoms with van der Waals surface area (Å²) in [5.74, 6) is -1.23. The predicted octanol–water partition coefficient (Wildman–Crippen LogP) is 4.06. The van der Waals surface area contributed by atoms with Crippen molar-refractivity contribution in [3.05, 3.63) is 70.9 Å². The molecule has 1 N–H and O–H groups in total. The third-order valence-electron chi connectivity index (χ3n) is 4.44. The summed E-state index contributed by atoms with van der Waals surface area (Å²) < 4.78 is 27.8. The molecule has 0 spiro atoms. The van der Waals surface area contributed by atoms with Crippen molar-refractivity contribution in [3.63, 3.8) is 0 Å². The van der Waals surface area contributed by atoms with Gasteiger partial charge in [0.2, 0.25) is 5.91 Å². The van der Waals surface area contributed by atoms with Gasteiger partial charge in [-0.15, -0.1) is 0 Å². The van der Waals surface area contributed by atoms with Gasteiger partial charge in [-0.05, 0) is 42.7 Å². The van der Waals surface area contributed by atoms with Gasteiger partial charge >= 0.3 is 0 Å². The van der Waals surface area contributed by atoms with E-state index in [1.807, 2.05) is 31.2 Å². The fourth-order valence-corrected chi connectivity index (χ4v) is 4.35. The molecule has 5 nitrogen and oxygen atoms in total. The Labute approximate surface area is 163 Å². The first kappa shape index (κ1) is 19.3. The molecule has 140 valence electrons. The highest BCUT2D eigenvalue weighted by atomic mass is 35.5. The monoisotopic (exact) mass is 402 g/mol. The van der Waals surface area contributed by atoms with Crippen LogP contribution in [0.5, 0.6) is 0 Å². The van der Waals surface area contributed by atoms with Crippen LogP contribution in [0.1, 0.15) is 30.9 Å². The lowest BCUT2D eigenvalue weighted by Crippen LogP contribution is -2.34. The van der Waals surface area contributed by atoms with Crippen LogP contribution in [0, 0.1) is 0 Å². The Hall–Kier alpha value is -2.44. The van der Waals surface area contributed by atoms with Gasteiger partial charge in [0, 0.05) is 16.6 Å². The van der Waals surface area contributed by atoms with Gasteiger partial charge in [-0.25, -0.2) is 13.1 Å². The normalized spacial score (nSPS) is 12.7. The summed E-state index contributed by atoms with van der Waals surface area (Å²) >= 11 is 6.05. The molecule has 1 atom stereocenters. The van der Waals surface area contributed by atoms with Crippen molar-refractivity contribution in [2.45, 2.75) is 31.1 Å². The average Bonchev–Trinajstić information content (AvgIpc) is 2.66. The summed E-state index contributed by atoms with van der Waals surface area (Å²) in [6.45, 7) is 3.71. The topological polar surface area (TPSA) is 76.1 Å². The number of benzene rings is 2. The number of fused-ring (bicyclic) bond motifs is 1. The number of pyridine rings is 1. The number of rotatable bonds is 5. The van der Waals surface area contributed by atoms with Crippen LogP contribution in [0.25, 0.3) is 10.9 Å². The number of hydrogen-bond donors (Lipinski definition) is 1. The molecule has 0 aliphatic heterocycles. The van der Waals surface area contributed by atoms with Crippen molar-refractivity contribution in [1.82, 2.24) is 9.71 Å². The number of halogens is 1. The quantitative estimate of drug-likeness (QED) is 0.698. The van der Waals surface area contributed by atoms with Crippen LogP contribution < -0.4 is 4.72 Å². The maximum atomic E-state index is 12.8. The zero-order chi connectivity index (χ0) is 19.6. The van der Waals surface area contributed by atoms with E-state index in [0.29, 0.717) is 5.39 Å². The van der Waals surface area contributed by atoms with E-state index in [4.69, 9.17) is 11.6 Å². The second kappa shape index (κ2) is 7.66. The largest absolute Gasteiger partial charge is 0.273 e. The van der Waals surface area contributed by atoms with E-state index in [9.17, 15) is 13.2 Å². The Morgan fingerprint density at radius 3 is 2.56 bits per heavy atom. The number of amides is 1. The van der Waals surface area contributed by atoms with Gasteiger partial charge in [-0.1, -0.05) is 48.9 Å². The number of nitrogens with one attached hydrogen (secondary N) is 1. The maximum Gasteiger partial charge on any atom is 0.266 e. The van der Waals surface area contributed by atoms with Crippen LogP contribution in [0.15, 0.2) is 59.6 Å². The molecule has 3 rings (SSSR count). The van der Waals surface area contributed by atoms with E-state index in [2.05, 4.69) is 9.71 Å². The SMILES string of the molecule is CCc1ccc(C(C)C(=O)NS(=O)(=O)c2cc(Cl)cc3cccnc23)cc1. The molecular weight excluding hydrogens is 384 g/mol. The molecule has 0 fully saturated rings. The van der Waals surface area contributed by atoms with Crippen LogP contribution >= 0.6 is 11.6 Å². The molecule has 1 amide bonds. The third-order valence-corrected chi connectivity index (χ3v) is 6.02. The number of carbonyl (C=O) groups is 1. The highest BCUT2D eigenvalue weighted by molar-refractivity contribution is 7.90. The lowest BCUT2D eigenvalue weighted by molar-refractivity contribution is -0.120. The summed E-state index contributed by atoms with van der Waals surface area (Å²) in [5.41, 5.74) is 2.16. The zero-order valence-corrected chi connectivity index (χ0v) is 16.5. The average molecular weight is 403 g/mol. The van der Waals surface area contributed by atoms with E-state index in [1.54, 1.807) is 25.1 Å². The molecule has 1 unspecified atom stereocenters. The Balaban J connectivity index is 1.91. The van der Waals surface area contributed by atoms with Gasteiger partial charge in [0.1, 0.15) is 4.90 Å². The number of sulfonamides is 1. The van der Waals surface area contributed by atoms with Crippen LogP contribution in [0.4, 0.5) is 0 Å².